The van der Waals surface area contributed by atoms with Crippen molar-refractivity contribution in [3.63, 3.8) is 0 Å². The summed E-state index contributed by atoms with van der Waals surface area (Å²) in [6.45, 7) is 4.07. The van der Waals surface area contributed by atoms with Gasteiger partial charge in [-0.05, 0) is 64.7 Å². The molecule has 0 saturated carbocycles. The SMILES string of the molecule is C=CCOc1ccc2ccccc2c1-c1c(OCC(=O)N[C@H](CCC[NH+]=C(N)N)C(=O)Nc2cccc(C(=O)NO)c2)ccc2ccccc12. The highest BCUT2D eigenvalue weighted by atomic mass is 16.5. The van der Waals surface area contributed by atoms with E-state index in [9.17, 15) is 14.4 Å². The minimum Gasteiger partial charge on any atom is -0.489 e. The molecule has 0 unspecified atom stereocenters. The van der Waals surface area contributed by atoms with Gasteiger partial charge in [0, 0.05) is 22.4 Å². The maximum atomic E-state index is 13.4. The Bertz CT molecular complexity index is 2060. The lowest BCUT2D eigenvalue weighted by Gasteiger charge is -2.21. The molecule has 0 aliphatic rings. The first kappa shape index (κ1) is 34.9. The van der Waals surface area contributed by atoms with E-state index in [1.807, 2.05) is 72.8 Å². The van der Waals surface area contributed by atoms with Crippen molar-refractivity contribution in [3.05, 3.63) is 115 Å². The molecule has 3 amide bonds. The smallest absolute Gasteiger partial charge is 0.338 e. The van der Waals surface area contributed by atoms with Crippen LogP contribution >= 0.6 is 0 Å². The molecule has 0 heterocycles. The highest BCUT2D eigenvalue weighted by Crippen LogP contribution is 2.45. The summed E-state index contributed by atoms with van der Waals surface area (Å²) in [4.78, 5) is 41.6. The number of hydrogen-bond acceptors (Lipinski definition) is 6. The summed E-state index contributed by atoms with van der Waals surface area (Å²) in [5.74, 6) is -0.654. The molecule has 5 aromatic rings. The molecule has 12 nitrogen and oxygen atoms in total. The van der Waals surface area contributed by atoms with E-state index in [2.05, 4.69) is 22.2 Å². The largest absolute Gasteiger partial charge is 0.489 e. The lowest BCUT2D eigenvalue weighted by molar-refractivity contribution is -0.459. The predicted octanol–water partition coefficient (Wildman–Crippen LogP) is 2.98. The van der Waals surface area contributed by atoms with Gasteiger partial charge in [0.05, 0.1) is 6.54 Å². The monoisotopic (exact) mass is 675 g/mol. The van der Waals surface area contributed by atoms with E-state index < -0.39 is 30.4 Å². The maximum Gasteiger partial charge on any atom is 0.338 e. The summed E-state index contributed by atoms with van der Waals surface area (Å²) < 4.78 is 12.4. The average molecular weight is 676 g/mol. The average Bonchev–Trinajstić information content (AvgIpc) is 3.13. The van der Waals surface area contributed by atoms with Crippen molar-refractivity contribution in [1.29, 1.82) is 0 Å². The topological polar surface area (TPSA) is 192 Å². The summed E-state index contributed by atoms with van der Waals surface area (Å²) in [6, 6.07) is 28.6. The Morgan fingerprint density at radius 1 is 0.840 bits per heavy atom. The fraction of sp³-hybridized carbons (Fsp3) is 0.158. The van der Waals surface area contributed by atoms with E-state index in [0.29, 0.717) is 36.8 Å². The van der Waals surface area contributed by atoms with Crippen molar-refractivity contribution in [2.75, 3.05) is 25.1 Å². The second-order valence-corrected chi connectivity index (χ2v) is 11.4. The Labute approximate surface area is 288 Å². The Balaban J connectivity index is 1.42. The van der Waals surface area contributed by atoms with Crippen LogP contribution in [0.3, 0.4) is 0 Å². The summed E-state index contributed by atoms with van der Waals surface area (Å²) >= 11 is 0. The Kier molecular flexibility index (Phi) is 11.6. The van der Waals surface area contributed by atoms with Gasteiger partial charge in [-0.1, -0.05) is 79.4 Å². The first-order valence-corrected chi connectivity index (χ1v) is 16.0. The minimum atomic E-state index is -0.977. The summed E-state index contributed by atoms with van der Waals surface area (Å²) in [5.41, 5.74) is 14.6. The van der Waals surface area contributed by atoms with E-state index in [4.69, 9.17) is 26.1 Å². The normalized spacial score (nSPS) is 11.3. The van der Waals surface area contributed by atoms with Crippen LogP contribution in [-0.4, -0.2) is 54.7 Å². The number of nitrogens with one attached hydrogen (secondary N) is 4. The van der Waals surface area contributed by atoms with Gasteiger partial charge >= 0.3 is 5.96 Å². The van der Waals surface area contributed by atoms with E-state index in [-0.39, 0.29) is 17.9 Å². The van der Waals surface area contributed by atoms with Gasteiger partial charge < -0.3 is 20.1 Å². The zero-order chi connectivity index (χ0) is 35.5. The first-order valence-electron chi connectivity index (χ1n) is 16.0. The molecule has 5 aromatic carbocycles. The zero-order valence-electron chi connectivity index (χ0n) is 27.3. The standard InChI is InChI=1S/C38H38N6O6/c1-2-21-49-31-18-16-24-9-3-5-13-28(24)34(31)35-29-14-6-4-10-25(29)17-19-32(35)50-23-33(45)43-30(15-8-20-41-38(39)40)37(47)42-27-12-7-11-26(22-27)36(46)44-48/h2-7,9-14,16-19,22,30,48H,1,8,15,20-21,23H2,(H,42,47)(H,43,45)(H,44,46)(H4,39,40,41)/p+1/t30-/m1/s1. The van der Waals surface area contributed by atoms with Gasteiger partial charge in [-0.25, -0.2) is 5.48 Å². The molecule has 1 atom stereocenters. The molecule has 0 aromatic heterocycles. The molecular formula is C38H39N6O6+. The number of anilines is 1. The third-order valence-corrected chi connectivity index (χ3v) is 7.89. The molecule has 9 N–H and O–H groups in total. The van der Waals surface area contributed by atoms with Crippen LogP contribution in [0.2, 0.25) is 0 Å². The van der Waals surface area contributed by atoms with Crippen molar-refractivity contribution in [2.45, 2.75) is 18.9 Å². The lowest BCUT2D eigenvalue weighted by Crippen LogP contribution is -2.78. The van der Waals surface area contributed by atoms with Gasteiger partial charge in [0.25, 0.3) is 11.8 Å². The molecule has 5 rings (SSSR count). The molecule has 0 aliphatic heterocycles. The van der Waals surface area contributed by atoms with Gasteiger partial charge in [0.1, 0.15) is 24.1 Å². The van der Waals surface area contributed by atoms with Crippen LogP contribution in [-0.2, 0) is 9.59 Å². The van der Waals surface area contributed by atoms with Crippen LogP contribution in [0.4, 0.5) is 5.69 Å². The quantitative estimate of drug-likeness (QED) is 0.0220. The molecule has 0 spiro atoms. The van der Waals surface area contributed by atoms with E-state index >= 15 is 0 Å². The van der Waals surface area contributed by atoms with Crippen molar-refractivity contribution in [3.8, 4) is 22.6 Å². The van der Waals surface area contributed by atoms with Crippen LogP contribution < -0.4 is 42.0 Å². The Morgan fingerprint density at radius 3 is 2.10 bits per heavy atom. The number of guanidine groups is 1. The summed E-state index contributed by atoms with van der Waals surface area (Å²) in [6.07, 6.45) is 2.35. The summed E-state index contributed by atoms with van der Waals surface area (Å²) in [5, 5.41) is 18.3. The zero-order valence-corrected chi connectivity index (χ0v) is 27.3. The van der Waals surface area contributed by atoms with Gasteiger partial charge in [0.15, 0.2) is 6.61 Å². The predicted molar refractivity (Wildman–Crippen MR) is 193 cm³/mol. The molecule has 0 bridgehead atoms. The van der Waals surface area contributed by atoms with Crippen LogP contribution in [0.1, 0.15) is 23.2 Å². The number of amides is 3. The summed E-state index contributed by atoms with van der Waals surface area (Å²) in [7, 11) is 0. The number of benzene rings is 5. The van der Waals surface area contributed by atoms with Crippen LogP contribution in [0.25, 0.3) is 32.7 Å². The van der Waals surface area contributed by atoms with Crippen LogP contribution in [0.5, 0.6) is 11.5 Å². The van der Waals surface area contributed by atoms with E-state index in [1.165, 1.54) is 12.1 Å². The number of nitrogens with two attached hydrogens (primary N) is 2. The molecular weight excluding hydrogens is 636 g/mol. The fourth-order valence-electron chi connectivity index (χ4n) is 5.63. The molecule has 0 aliphatic carbocycles. The second kappa shape index (κ2) is 16.6. The number of hydrogen-bond donors (Lipinski definition) is 7. The second-order valence-electron chi connectivity index (χ2n) is 11.4. The number of ether oxygens (including phenoxy) is 2. The van der Waals surface area contributed by atoms with Crippen molar-refractivity contribution in [2.24, 2.45) is 11.5 Å². The van der Waals surface area contributed by atoms with Crippen molar-refractivity contribution < 1.29 is 34.1 Å². The molecule has 12 heteroatoms. The Morgan fingerprint density at radius 2 is 1.48 bits per heavy atom. The highest BCUT2D eigenvalue weighted by Gasteiger charge is 2.23. The lowest BCUT2D eigenvalue weighted by atomic mass is 9.92. The number of hydroxylamine groups is 1. The number of carbonyl (C=O) groups excluding carboxylic acids is 3. The molecule has 50 heavy (non-hydrogen) atoms. The first-order chi connectivity index (χ1) is 24.3. The number of carbonyl (C=O) groups is 3. The van der Waals surface area contributed by atoms with E-state index in [0.717, 1.165) is 32.7 Å². The fourth-order valence-corrected chi connectivity index (χ4v) is 5.63. The molecule has 0 saturated heterocycles. The third-order valence-electron chi connectivity index (χ3n) is 7.89. The third kappa shape index (κ3) is 8.54. The van der Waals surface area contributed by atoms with Crippen LogP contribution in [0, 0.1) is 0 Å². The number of fused-ring (bicyclic) bond motifs is 2. The van der Waals surface area contributed by atoms with Crippen LogP contribution in [0.15, 0.2) is 110 Å². The minimum absolute atomic E-state index is 0.0397. The van der Waals surface area contributed by atoms with Gasteiger partial charge in [-0.3, -0.25) is 36.1 Å². The van der Waals surface area contributed by atoms with Crippen molar-refractivity contribution in [1.82, 2.24) is 10.8 Å². The number of rotatable bonds is 15. The molecule has 0 radical (unpaired) electrons. The van der Waals surface area contributed by atoms with Gasteiger partial charge in [-0.15, -0.1) is 0 Å². The molecule has 256 valence electrons. The van der Waals surface area contributed by atoms with Crippen molar-refractivity contribution >= 4 is 50.9 Å². The van der Waals surface area contributed by atoms with E-state index in [1.54, 1.807) is 23.7 Å². The maximum absolute atomic E-state index is 13.4. The Hall–Kier alpha value is -6.40. The van der Waals surface area contributed by atoms with Gasteiger partial charge in [-0.2, -0.15) is 0 Å². The highest BCUT2D eigenvalue weighted by molar-refractivity contribution is 6.10. The van der Waals surface area contributed by atoms with Gasteiger partial charge in [0.2, 0.25) is 5.91 Å². The molecule has 0 fully saturated rings.